The Labute approximate surface area is 135 Å². The molecule has 0 saturated heterocycles. The van der Waals surface area contributed by atoms with Crippen LogP contribution in [0.3, 0.4) is 0 Å². The fraction of sp³-hybridized carbons (Fsp3) is 0.533. The molecule has 6 heteroatoms. The van der Waals surface area contributed by atoms with Gasteiger partial charge in [0.25, 0.3) is 0 Å². The lowest BCUT2D eigenvalue weighted by molar-refractivity contribution is -0.131. The average Bonchev–Trinajstić information content (AvgIpc) is 2.38. The third kappa shape index (κ3) is 5.79. The van der Waals surface area contributed by atoms with E-state index in [4.69, 9.17) is 0 Å². The van der Waals surface area contributed by atoms with Crippen LogP contribution in [0, 0.1) is 0 Å². The highest BCUT2D eigenvalue weighted by molar-refractivity contribution is 9.10. The van der Waals surface area contributed by atoms with E-state index < -0.39 is 9.84 Å². The minimum Gasteiger partial charge on any atom is -0.339 e. The van der Waals surface area contributed by atoms with Gasteiger partial charge >= 0.3 is 0 Å². The fourth-order valence-corrected chi connectivity index (χ4v) is 3.83. The molecule has 0 fully saturated rings. The van der Waals surface area contributed by atoms with Crippen LogP contribution >= 0.6 is 15.9 Å². The Balaban J connectivity index is 2.77. The maximum absolute atomic E-state index is 12.4. The number of rotatable bonds is 7. The van der Waals surface area contributed by atoms with Gasteiger partial charge in [-0.15, -0.1) is 0 Å². The summed E-state index contributed by atoms with van der Waals surface area (Å²) in [7, 11) is -3.09. The van der Waals surface area contributed by atoms with Gasteiger partial charge < -0.3 is 4.90 Å². The Morgan fingerprint density at radius 2 is 2.00 bits per heavy atom. The topological polar surface area (TPSA) is 54.5 Å². The summed E-state index contributed by atoms with van der Waals surface area (Å²) in [6, 6.07) is 7.28. The largest absolute Gasteiger partial charge is 0.339 e. The molecule has 4 nitrogen and oxygen atoms in total. The van der Waals surface area contributed by atoms with Crippen molar-refractivity contribution in [2.75, 3.05) is 18.1 Å². The van der Waals surface area contributed by atoms with Crippen LogP contribution < -0.4 is 0 Å². The molecule has 0 spiro atoms. The van der Waals surface area contributed by atoms with Crippen molar-refractivity contribution in [3.63, 3.8) is 0 Å². The van der Waals surface area contributed by atoms with Crippen molar-refractivity contribution < 1.29 is 13.2 Å². The van der Waals surface area contributed by atoms with E-state index in [9.17, 15) is 13.2 Å². The lowest BCUT2D eigenvalue weighted by Crippen LogP contribution is -2.43. The Hall–Kier alpha value is -0.880. The smallest absolute Gasteiger partial charge is 0.227 e. The van der Waals surface area contributed by atoms with E-state index in [0.29, 0.717) is 6.54 Å². The highest BCUT2D eigenvalue weighted by atomic mass is 79.9. The predicted octanol–water partition coefficient (Wildman–Crippen LogP) is 2.66. The first-order valence-electron chi connectivity index (χ1n) is 7.03. The van der Waals surface area contributed by atoms with Crippen molar-refractivity contribution in [2.45, 2.75) is 33.2 Å². The molecule has 0 aromatic heterocycles. The molecular weight excluding hydrogens is 354 g/mol. The van der Waals surface area contributed by atoms with Gasteiger partial charge in [0, 0.05) is 22.8 Å². The standard InChI is InChI=1S/C15H22BrNO3S/c1-4-17(12(3)11-21(19,20)5-2)15(18)10-13-7-6-8-14(16)9-13/h6-9,12H,4-5,10-11H2,1-3H3. The van der Waals surface area contributed by atoms with Gasteiger partial charge in [-0.05, 0) is 31.5 Å². The summed E-state index contributed by atoms with van der Waals surface area (Å²) in [5, 5.41) is 0. The second-order valence-electron chi connectivity index (χ2n) is 5.03. The highest BCUT2D eigenvalue weighted by Crippen LogP contribution is 2.14. The third-order valence-corrected chi connectivity index (χ3v) is 5.74. The molecule has 1 amide bonds. The van der Waals surface area contributed by atoms with Crippen LogP contribution in [0.2, 0.25) is 0 Å². The number of carbonyl (C=O) groups excluding carboxylic acids is 1. The minimum atomic E-state index is -3.09. The van der Waals surface area contributed by atoms with Crippen molar-refractivity contribution in [1.29, 1.82) is 0 Å². The highest BCUT2D eigenvalue weighted by Gasteiger charge is 2.23. The maximum atomic E-state index is 12.4. The molecule has 1 aromatic rings. The Morgan fingerprint density at radius 1 is 1.33 bits per heavy atom. The second-order valence-corrected chi connectivity index (χ2v) is 8.35. The number of benzene rings is 1. The average molecular weight is 376 g/mol. The molecule has 1 aromatic carbocycles. The first-order chi connectivity index (χ1) is 9.79. The molecule has 118 valence electrons. The van der Waals surface area contributed by atoms with Crippen LogP contribution in [0.5, 0.6) is 0 Å². The number of amides is 1. The van der Waals surface area contributed by atoms with Crippen LogP contribution in [0.4, 0.5) is 0 Å². The number of hydrogen-bond acceptors (Lipinski definition) is 3. The number of sulfone groups is 1. The zero-order chi connectivity index (χ0) is 16.0. The molecule has 0 aliphatic carbocycles. The normalized spacial score (nSPS) is 13.0. The summed E-state index contributed by atoms with van der Waals surface area (Å²) in [4.78, 5) is 14.0. The van der Waals surface area contributed by atoms with Crippen LogP contribution in [-0.4, -0.2) is 43.3 Å². The van der Waals surface area contributed by atoms with Crippen molar-refractivity contribution >= 4 is 31.7 Å². The Morgan fingerprint density at radius 3 is 2.52 bits per heavy atom. The van der Waals surface area contributed by atoms with Crippen molar-refractivity contribution in [2.24, 2.45) is 0 Å². The molecule has 1 unspecified atom stereocenters. The van der Waals surface area contributed by atoms with Gasteiger partial charge in [-0.3, -0.25) is 4.79 Å². The van der Waals surface area contributed by atoms with E-state index in [-0.39, 0.29) is 29.9 Å². The SMILES string of the molecule is CCN(C(=O)Cc1cccc(Br)c1)C(C)CS(=O)(=O)CC. The molecule has 0 aliphatic rings. The fourth-order valence-electron chi connectivity index (χ4n) is 2.23. The van der Waals surface area contributed by atoms with Gasteiger partial charge in [-0.25, -0.2) is 8.42 Å². The van der Waals surface area contributed by atoms with Crippen LogP contribution in [-0.2, 0) is 21.1 Å². The van der Waals surface area contributed by atoms with Gasteiger partial charge in [0.05, 0.1) is 12.2 Å². The molecule has 0 bridgehead atoms. The zero-order valence-electron chi connectivity index (χ0n) is 12.7. The van der Waals surface area contributed by atoms with E-state index in [0.717, 1.165) is 10.0 Å². The van der Waals surface area contributed by atoms with E-state index in [1.165, 1.54) is 0 Å². The summed E-state index contributed by atoms with van der Waals surface area (Å²) in [5.74, 6) is 0.0745. The lowest BCUT2D eigenvalue weighted by Gasteiger charge is -2.28. The molecule has 0 heterocycles. The van der Waals surface area contributed by atoms with Gasteiger partial charge in [0.1, 0.15) is 0 Å². The first kappa shape index (κ1) is 18.2. The Kier molecular flexibility index (Phi) is 6.87. The summed E-state index contributed by atoms with van der Waals surface area (Å²) in [5.41, 5.74) is 0.915. The van der Waals surface area contributed by atoms with Gasteiger partial charge in [-0.1, -0.05) is 35.0 Å². The number of likely N-dealkylation sites (N-methyl/N-ethyl adjacent to an activating group) is 1. The summed E-state index contributed by atoms with van der Waals surface area (Å²) in [6.45, 7) is 5.79. The van der Waals surface area contributed by atoms with E-state index in [1.807, 2.05) is 31.2 Å². The second kappa shape index (κ2) is 7.94. The summed E-state index contributed by atoms with van der Waals surface area (Å²) >= 11 is 3.38. The number of halogens is 1. The summed E-state index contributed by atoms with van der Waals surface area (Å²) in [6.07, 6.45) is 0.282. The Bertz CT molecular complexity index is 586. The zero-order valence-corrected chi connectivity index (χ0v) is 15.1. The monoisotopic (exact) mass is 375 g/mol. The molecule has 1 atom stereocenters. The number of carbonyl (C=O) groups is 1. The van der Waals surface area contributed by atoms with Crippen molar-refractivity contribution in [3.8, 4) is 0 Å². The van der Waals surface area contributed by atoms with Crippen LogP contribution in [0.25, 0.3) is 0 Å². The molecule has 21 heavy (non-hydrogen) atoms. The first-order valence-corrected chi connectivity index (χ1v) is 9.64. The minimum absolute atomic E-state index is 0.0154. The van der Waals surface area contributed by atoms with E-state index >= 15 is 0 Å². The molecule has 0 saturated carbocycles. The van der Waals surface area contributed by atoms with Gasteiger partial charge in [-0.2, -0.15) is 0 Å². The van der Waals surface area contributed by atoms with Crippen molar-refractivity contribution in [3.05, 3.63) is 34.3 Å². The predicted molar refractivity (Wildman–Crippen MR) is 89.0 cm³/mol. The van der Waals surface area contributed by atoms with Crippen LogP contribution in [0.15, 0.2) is 28.7 Å². The van der Waals surface area contributed by atoms with Crippen LogP contribution in [0.1, 0.15) is 26.3 Å². The summed E-state index contributed by atoms with van der Waals surface area (Å²) < 4.78 is 24.4. The molecule has 1 rings (SSSR count). The molecule has 0 aliphatic heterocycles. The molecule has 0 radical (unpaired) electrons. The third-order valence-electron chi connectivity index (χ3n) is 3.37. The quantitative estimate of drug-likeness (QED) is 0.735. The maximum Gasteiger partial charge on any atom is 0.227 e. The number of nitrogens with zero attached hydrogens (tertiary/aromatic N) is 1. The van der Waals surface area contributed by atoms with E-state index in [1.54, 1.807) is 18.7 Å². The molecule has 0 N–H and O–H groups in total. The lowest BCUT2D eigenvalue weighted by atomic mass is 10.1. The van der Waals surface area contributed by atoms with Crippen molar-refractivity contribution in [1.82, 2.24) is 4.90 Å². The van der Waals surface area contributed by atoms with E-state index in [2.05, 4.69) is 15.9 Å². The van der Waals surface area contributed by atoms with Gasteiger partial charge in [0.2, 0.25) is 5.91 Å². The molecular formula is C15H22BrNO3S. The van der Waals surface area contributed by atoms with Gasteiger partial charge in [0.15, 0.2) is 9.84 Å². The number of hydrogen-bond donors (Lipinski definition) is 0.